The zero-order valence-corrected chi connectivity index (χ0v) is 16.5. The Morgan fingerprint density at radius 2 is 1.90 bits per heavy atom. The highest BCUT2D eigenvalue weighted by Gasteiger charge is 2.16. The van der Waals surface area contributed by atoms with Crippen molar-refractivity contribution in [3.05, 3.63) is 77.2 Å². The first-order chi connectivity index (χ1) is 14.2. The van der Waals surface area contributed by atoms with Gasteiger partial charge < -0.3 is 5.11 Å². The SMILES string of the molecule is N#Cc1ccccc1-c1ccc(Cc2c(CCCS)nc3nncn3c2O)cc1. The maximum atomic E-state index is 10.8. The molecular formula is C22H19N5OS. The molecule has 29 heavy (non-hydrogen) atoms. The second kappa shape index (κ2) is 8.33. The van der Waals surface area contributed by atoms with Crippen molar-refractivity contribution >= 4 is 18.4 Å². The minimum Gasteiger partial charge on any atom is -0.494 e. The van der Waals surface area contributed by atoms with Gasteiger partial charge in [-0.05, 0) is 41.4 Å². The van der Waals surface area contributed by atoms with Gasteiger partial charge in [0, 0.05) is 12.0 Å². The summed E-state index contributed by atoms with van der Waals surface area (Å²) in [5.74, 6) is 1.25. The van der Waals surface area contributed by atoms with Crippen LogP contribution in [0.4, 0.5) is 0 Å². The third kappa shape index (κ3) is 3.80. The van der Waals surface area contributed by atoms with E-state index in [1.807, 2.05) is 48.5 Å². The van der Waals surface area contributed by atoms with Crippen molar-refractivity contribution in [3.63, 3.8) is 0 Å². The highest BCUT2D eigenvalue weighted by molar-refractivity contribution is 7.80. The molecule has 2 heterocycles. The van der Waals surface area contributed by atoms with E-state index in [1.54, 1.807) is 0 Å². The number of nitrogens with zero attached hydrogens (tertiary/aromatic N) is 5. The van der Waals surface area contributed by atoms with E-state index < -0.39 is 0 Å². The van der Waals surface area contributed by atoms with Gasteiger partial charge in [-0.1, -0.05) is 42.5 Å². The molecule has 0 amide bonds. The van der Waals surface area contributed by atoms with Crippen molar-refractivity contribution in [1.82, 2.24) is 19.6 Å². The normalized spacial score (nSPS) is 10.9. The summed E-state index contributed by atoms with van der Waals surface area (Å²) in [5, 5.41) is 27.9. The number of aromatic hydroxyl groups is 1. The Labute approximate surface area is 173 Å². The Bertz CT molecular complexity index is 1190. The van der Waals surface area contributed by atoms with Gasteiger partial charge in [0.15, 0.2) is 0 Å². The molecule has 0 spiro atoms. The fraction of sp³-hybridized carbons (Fsp3) is 0.182. The molecule has 0 saturated carbocycles. The summed E-state index contributed by atoms with van der Waals surface area (Å²) < 4.78 is 1.50. The van der Waals surface area contributed by atoms with Gasteiger partial charge in [-0.25, -0.2) is 9.38 Å². The van der Waals surface area contributed by atoms with Crippen LogP contribution in [0.25, 0.3) is 16.9 Å². The lowest BCUT2D eigenvalue weighted by Crippen LogP contribution is -2.05. The van der Waals surface area contributed by atoms with E-state index in [2.05, 4.69) is 33.9 Å². The molecule has 144 valence electrons. The molecule has 0 aliphatic heterocycles. The number of aromatic nitrogens is 4. The van der Waals surface area contributed by atoms with E-state index >= 15 is 0 Å². The van der Waals surface area contributed by atoms with Crippen molar-refractivity contribution in [1.29, 1.82) is 5.26 Å². The Morgan fingerprint density at radius 1 is 1.10 bits per heavy atom. The largest absolute Gasteiger partial charge is 0.494 e. The summed E-state index contributed by atoms with van der Waals surface area (Å²) in [5.41, 5.74) is 5.17. The molecule has 0 saturated heterocycles. The van der Waals surface area contributed by atoms with Gasteiger partial charge in [-0.2, -0.15) is 17.9 Å². The smallest absolute Gasteiger partial charge is 0.257 e. The minimum absolute atomic E-state index is 0.119. The summed E-state index contributed by atoms with van der Waals surface area (Å²) >= 11 is 4.29. The van der Waals surface area contributed by atoms with Crippen LogP contribution in [0.5, 0.6) is 5.88 Å². The topological polar surface area (TPSA) is 87.1 Å². The quantitative estimate of drug-likeness (QED) is 0.480. The summed E-state index contributed by atoms with van der Waals surface area (Å²) in [4.78, 5) is 4.58. The van der Waals surface area contributed by atoms with Crippen LogP contribution in [-0.2, 0) is 12.8 Å². The van der Waals surface area contributed by atoms with Crippen molar-refractivity contribution in [2.45, 2.75) is 19.3 Å². The fourth-order valence-corrected chi connectivity index (χ4v) is 3.55. The van der Waals surface area contributed by atoms with Gasteiger partial charge in [0.25, 0.3) is 5.78 Å². The highest BCUT2D eigenvalue weighted by Crippen LogP contribution is 2.27. The van der Waals surface area contributed by atoms with E-state index in [9.17, 15) is 10.4 Å². The Morgan fingerprint density at radius 3 is 2.66 bits per heavy atom. The summed E-state index contributed by atoms with van der Waals surface area (Å²) in [6.45, 7) is 0. The van der Waals surface area contributed by atoms with Crippen LogP contribution in [0.3, 0.4) is 0 Å². The van der Waals surface area contributed by atoms with E-state index in [4.69, 9.17) is 0 Å². The monoisotopic (exact) mass is 401 g/mol. The third-order valence-electron chi connectivity index (χ3n) is 4.88. The van der Waals surface area contributed by atoms with Crippen LogP contribution in [-0.4, -0.2) is 30.4 Å². The molecule has 0 aliphatic rings. The van der Waals surface area contributed by atoms with Gasteiger partial charge in [-0.15, -0.1) is 10.2 Å². The lowest BCUT2D eigenvalue weighted by molar-refractivity contribution is 0.436. The number of hydrogen-bond donors (Lipinski definition) is 2. The van der Waals surface area contributed by atoms with Gasteiger partial charge in [0.05, 0.1) is 17.3 Å². The summed E-state index contributed by atoms with van der Waals surface area (Å²) in [6.07, 6.45) is 3.57. The average molecular weight is 401 g/mol. The zero-order valence-electron chi connectivity index (χ0n) is 15.7. The molecule has 2 aromatic heterocycles. The maximum Gasteiger partial charge on any atom is 0.257 e. The molecule has 0 atom stereocenters. The first-order valence-electron chi connectivity index (χ1n) is 9.31. The van der Waals surface area contributed by atoms with Crippen LogP contribution in [0.2, 0.25) is 0 Å². The Balaban J connectivity index is 1.68. The molecule has 1 N–H and O–H groups in total. The van der Waals surface area contributed by atoms with Crippen molar-refractivity contribution in [2.75, 3.05) is 5.75 Å². The van der Waals surface area contributed by atoms with Crippen LogP contribution < -0.4 is 0 Å². The standard InChI is InChI=1S/C22H19N5OS/c23-13-17-4-1-2-5-18(17)16-9-7-15(8-10-16)12-19-20(6-3-11-29)25-22-26-24-14-27(22)21(19)28/h1-2,4-5,7-10,14,28-29H,3,6,11-12H2. The van der Waals surface area contributed by atoms with E-state index in [0.717, 1.165) is 40.1 Å². The lowest BCUT2D eigenvalue weighted by Gasteiger charge is -2.12. The molecule has 0 fully saturated rings. The van der Waals surface area contributed by atoms with Gasteiger partial charge >= 0.3 is 0 Å². The minimum atomic E-state index is 0.119. The molecule has 0 bridgehead atoms. The molecule has 4 rings (SSSR count). The van der Waals surface area contributed by atoms with Crippen molar-refractivity contribution in [3.8, 4) is 23.1 Å². The number of fused-ring (bicyclic) bond motifs is 1. The average Bonchev–Trinajstić information content (AvgIpc) is 3.24. The molecule has 2 aromatic carbocycles. The molecule has 4 aromatic rings. The predicted octanol–water partition coefficient (Wildman–Crippen LogP) is 3.82. The van der Waals surface area contributed by atoms with Gasteiger partial charge in [-0.3, -0.25) is 0 Å². The molecule has 6 nitrogen and oxygen atoms in total. The molecule has 7 heteroatoms. The van der Waals surface area contributed by atoms with Crippen LogP contribution >= 0.6 is 12.6 Å². The Kier molecular flexibility index (Phi) is 5.45. The van der Waals surface area contributed by atoms with Crippen molar-refractivity contribution < 1.29 is 5.11 Å². The fourth-order valence-electron chi connectivity index (χ4n) is 3.39. The zero-order chi connectivity index (χ0) is 20.2. The maximum absolute atomic E-state index is 10.8. The summed E-state index contributed by atoms with van der Waals surface area (Å²) in [7, 11) is 0. The van der Waals surface area contributed by atoms with Crippen LogP contribution in [0.1, 0.15) is 28.8 Å². The van der Waals surface area contributed by atoms with E-state index in [1.165, 1.54) is 10.7 Å². The summed E-state index contributed by atoms with van der Waals surface area (Å²) in [6, 6.07) is 17.8. The number of aryl methyl sites for hydroxylation is 1. The number of benzene rings is 2. The Hall–Kier alpha value is -3.37. The molecule has 0 aliphatic carbocycles. The first kappa shape index (κ1) is 19.0. The number of hydrogen-bond acceptors (Lipinski definition) is 6. The highest BCUT2D eigenvalue weighted by atomic mass is 32.1. The van der Waals surface area contributed by atoms with E-state index in [0.29, 0.717) is 24.2 Å². The molecule has 0 radical (unpaired) electrons. The first-order valence-corrected chi connectivity index (χ1v) is 9.94. The van der Waals surface area contributed by atoms with E-state index in [-0.39, 0.29) is 5.88 Å². The number of nitriles is 1. The second-order valence-electron chi connectivity index (χ2n) is 6.72. The lowest BCUT2D eigenvalue weighted by atomic mass is 9.97. The predicted molar refractivity (Wildman–Crippen MR) is 114 cm³/mol. The van der Waals surface area contributed by atoms with Gasteiger partial charge in [0.2, 0.25) is 5.88 Å². The van der Waals surface area contributed by atoms with Crippen molar-refractivity contribution in [2.24, 2.45) is 0 Å². The van der Waals surface area contributed by atoms with Crippen LogP contribution in [0.15, 0.2) is 54.9 Å². The van der Waals surface area contributed by atoms with Crippen LogP contribution in [0, 0.1) is 11.3 Å². The second-order valence-corrected chi connectivity index (χ2v) is 7.17. The molecule has 0 unspecified atom stereocenters. The van der Waals surface area contributed by atoms with Gasteiger partial charge in [0.1, 0.15) is 6.33 Å². The number of rotatable bonds is 6. The number of thiol groups is 1. The molecular weight excluding hydrogens is 382 g/mol. The third-order valence-corrected chi connectivity index (χ3v) is 5.19.